The number of rotatable bonds is 7. The summed E-state index contributed by atoms with van der Waals surface area (Å²) in [5.74, 6) is 4.21. The van der Waals surface area contributed by atoms with Crippen LogP contribution >= 0.6 is 0 Å². The highest BCUT2D eigenvalue weighted by atomic mass is 16.5. The van der Waals surface area contributed by atoms with Crippen molar-refractivity contribution in [2.45, 2.75) is 19.8 Å². The third-order valence-electron chi connectivity index (χ3n) is 2.73. The van der Waals surface area contributed by atoms with Crippen molar-refractivity contribution in [1.29, 1.82) is 0 Å². The number of benzene rings is 1. The first-order chi connectivity index (χ1) is 9.80. The summed E-state index contributed by atoms with van der Waals surface area (Å²) in [5.41, 5.74) is 1.26. The Balaban J connectivity index is 2.39. The average Bonchev–Trinajstić information content (AvgIpc) is 2.49. The smallest absolute Gasteiger partial charge is 0.192 e. The van der Waals surface area contributed by atoms with Gasteiger partial charge in [0.1, 0.15) is 5.75 Å². The molecule has 0 unspecified atom stereocenters. The second-order valence-electron chi connectivity index (χ2n) is 4.27. The van der Waals surface area contributed by atoms with Gasteiger partial charge in [0, 0.05) is 13.1 Å². The van der Waals surface area contributed by atoms with Crippen LogP contribution in [0.1, 0.15) is 18.9 Å². The number of hydrogen-bond acceptors (Lipinski definition) is 2. The lowest BCUT2D eigenvalue weighted by Gasteiger charge is -2.08. The van der Waals surface area contributed by atoms with Crippen molar-refractivity contribution in [3.05, 3.63) is 29.8 Å². The van der Waals surface area contributed by atoms with Gasteiger partial charge in [0.15, 0.2) is 5.96 Å². The number of hydrogen-bond donors (Lipinski definition) is 2. The van der Waals surface area contributed by atoms with Crippen LogP contribution in [-0.4, -0.2) is 32.7 Å². The van der Waals surface area contributed by atoms with Crippen molar-refractivity contribution >= 4 is 5.96 Å². The Bertz CT molecular complexity index is 463. The summed E-state index contributed by atoms with van der Waals surface area (Å²) in [6.45, 7) is 4.11. The summed E-state index contributed by atoms with van der Waals surface area (Å²) in [4.78, 5) is 4.48. The molecule has 0 atom stereocenters. The number of aliphatic imine (C=N–C) groups is 1. The van der Waals surface area contributed by atoms with Gasteiger partial charge >= 0.3 is 0 Å². The Morgan fingerprint density at radius 2 is 2.25 bits per heavy atom. The van der Waals surface area contributed by atoms with E-state index in [1.54, 1.807) is 7.11 Å². The molecule has 4 heteroatoms. The topological polar surface area (TPSA) is 45.7 Å². The largest absolute Gasteiger partial charge is 0.497 e. The van der Waals surface area contributed by atoms with Gasteiger partial charge in [-0.1, -0.05) is 18.1 Å². The lowest BCUT2D eigenvalue weighted by Crippen LogP contribution is -2.37. The maximum atomic E-state index is 5.22. The van der Waals surface area contributed by atoms with Gasteiger partial charge < -0.3 is 15.4 Å². The normalized spacial score (nSPS) is 10.8. The van der Waals surface area contributed by atoms with E-state index >= 15 is 0 Å². The van der Waals surface area contributed by atoms with Crippen LogP contribution in [-0.2, 0) is 6.42 Å². The molecule has 1 aromatic carbocycles. The van der Waals surface area contributed by atoms with E-state index in [9.17, 15) is 0 Å². The summed E-state index contributed by atoms with van der Waals surface area (Å²) < 4.78 is 5.21. The molecular weight excluding hydrogens is 250 g/mol. The molecule has 2 N–H and O–H groups in total. The van der Waals surface area contributed by atoms with Crippen LogP contribution in [0.15, 0.2) is 29.3 Å². The van der Waals surface area contributed by atoms with Crippen LogP contribution in [0.5, 0.6) is 5.75 Å². The van der Waals surface area contributed by atoms with Crippen molar-refractivity contribution in [3.8, 4) is 18.1 Å². The van der Waals surface area contributed by atoms with Crippen molar-refractivity contribution in [1.82, 2.24) is 10.6 Å². The third-order valence-corrected chi connectivity index (χ3v) is 2.73. The van der Waals surface area contributed by atoms with Gasteiger partial charge in [0.25, 0.3) is 0 Å². The zero-order valence-electron chi connectivity index (χ0n) is 12.3. The van der Waals surface area contributed by atoms with E-state index in [2.05, 4.69) is 33.7 Å². The van der Waals surface area contributed by atoms with E-state index < -0.39 is 0 Å². The molecule has 0 aliphatic carbocycles. The minimum Gasteiger partial charge on any atom is -0.497 e. The van der Waals surface area contributed by atoms with Crippen LogP contribution < -0.4 is 15.4 Å². The maximum Gasteiger partial charge on any atom is 0.192 e. The first-order valence-electron chi connectivity index (χ1n) is 6.88. The molecule has 1 aromatic rings. The highest BCUT2D eigenvalue weighted by molar-refractivity contribution is 5.79. The van der Waals surface area contributed by atoms with Crippen LogP contribution in [0.25, 0.3) is 0 Å². The highest BCUT2D eigenvalue weighted by Gasteiger charge is 1.97. The fourth-order valence-electron chi connectivity index (χ4n) is 1.78. The minimum absolute atomic E-state index is 0.488. The van der Waals surface area contributed by atoms with E-state index in [1.807, 2.05) is 19.1 Å². The van der Waals surface area contributed by atoms with E-state index in [1.165, 1.54) is 5.56 Å². The van der Waals surface area contributed by atoms with Crippen LogP contribution in [0, 0.1) is 12.3 Å². The Kier molecular flexibility index (Phi) is 7.74. The first-order valence-corrected chi connectivity index (χ1v) is 6.88. The number of nitrogens with zero attached hydrogens (tertiary/aromatic N) is 1. The molecule has 0 spiro atoms. The lowest BCUT2D eigenvalue weighted by atomic mass is 10.1. The van der Waals surface area contributed by atoms with Gasteiger partial charge in [0.05, 0.1) is 13.7 Å². The zero-order valence-corrected chi connectivity index (χ0v) is 12.3. The molecular formula is C16H23N3O. The van der Waals surface area contributed by atoms with Crippen molar-refractivity contribution in [2.75, 3.05) is 26.7 Å². The van der Waals surface area contributed by atoms with Crippen LogP contribution in [0.3, 0.4) is 0 Å². The summed E-state index contributed by atoms with van der Waals surface area (Å²) in [5, 5.41) is 6.23. The summed E-state index contributed by atoms with van der Waals surface area (Å²) >= 11 is 0. The predicted octanol–water partition coefficient (Wildman–Crippen LogP) is 1.82. The average molecular weight is 273 g/mol. The Morgan fingerprint density at radius 1 is 1.40 bits per heavy atom. The van der Waals surface area contributed by atoms with E-state index in [0.717, 1.165) is 37.6 Å². The van der Waals surface area contributed by atoms with Gasteiger partial charge in [-0.3, -0.25) is 4.99 Å². The monoisotopic (exact) mass is 273 g/mol. The molecule has 0 aliphatic rings. The molecule has 0 aromatic heterocycles. The Labute approximate surface area is 121 Å². The molecule has 0 bridgehead atoms. The number of terminal acetylenes is 1. The number of guanidine groups is 1. The maximum absolute atomic E-state index is 5.22. The fraction of sp³-hybridized carbons (Fsp3) is 0.438. The molecule has 20 heavy (non-hydrogen) atoms. The highest BCUT2D eigenvalue weighted by Crippen LogP contribution is 2.13. The lowest BCUT2D eigenvalue weighted by molar-refractivity contribution is 0.414. The molecule has 1 rings (SSSR count). The quantitative estimate of drug-likeness (QED) is 0.345. The Morgan fingerprint density at radius 3 is 2.95 bits per heavy atom. The molecule has 0 saturated carbocycles. The van der Waals surface area contributed by atoms with Gasteiger partial charge in [-0.2, -0.15) is 0 Å². The number of aryl methyl sites for hydroxylation is 1. The Hall–Kier alpha value is -2.15. The standard InChI is InChI=1S/C16H23N3O/c1-4-11-18-16(17-5-2)19-12-7-9-14-8-6-10-15(13-14)20-3/h1,6,8,10,13H,5,7,9,11-12H2,2-3H3,(H2,17,18,19). The second kappa shape index (κ2) is 9.74. The number of nitrogens with one attached hydrogen (secondary N) is 2. The first kappa shape index (κ1) is 15.9. The van der Waals surface area contributed by atoms with Crippen molar-refractivity contribution in [3.63, 3.8) is 0 Å². The van der Waals surface area contributed by atoms with E-state index in [4.69, 9.17) is 11.2 Å². The fourth-order valence-corrected chi connectivity index (χ4v) is 1.78. The van der Waals surface area contributed by atoms with Gasteiger partial charge in [-0.05, 0) is 37.5 Å². The molecule has 0 heterocycles. The molecule has 0 saturated heterocycles. The summed E-state index contributed by atoms with van der Waals surface area (Å²) in [6, 6.07) is 8.13. The SMILES string of the molecule is C#CCNC(=NCCCc1cccc(OC)c1)NCC. The van der Waals surface area contributed by atoms with Gasteiger partial charge in [-0.25, -0.2) is 0 Å². The number of methoxy groups -OCH3 is 1. The molecule has 0 fully saturated rings. The number of ether oxygens (including phenoxy) is 1. The summed E-state index contributed by atoms with van der Waals surface area (Å²) in [6.07, 6.45) is 7.19. The van der Waals surface area contributed by atoms with Gasteiger partial charge in [0.2, 0.25) is 0 Å². The van der Waals surface area contributed by atoms with Gasteiger partial charge in [-0.15, -0.1) is 6.42 Å². The molecule has 108 valence electrons. The zero-order chi connectivity index (χ0) is 14.6. The third kappa shape index (κ3) is 6.14. The predicted molar refractivity (Wildman–Crippen MR) is 84.1 cm³/mol. The van der Waals surface area contributed by atoms with Crippen LogP contribution in [0.4, 0.5) is 0 Å². The molecule has 0 radical (unpaired) electrons. The second-order valence-corrected chi connectivity index (χ2v) is 4.27. The molecule has 0 aliphatic heterocycles. The summed E-state index contributed by atoms with van der Waals surface area (Å²) in [7, 11) is 1.68. The van der Waals surface area contributed by atoms with E-state index in [0.29, 0.717) is 6.54 Å². The molecule has 4 nitrogen and oxygen atoms in total. The molecule has 0 amide bonds. The van der Waals surface area contributed by atoms with Crippen molar-refractivity contribution < 1.29 is 4.74 Å². The van der Waals surface area contributed by atoms with E-state index in [-0.39, 0.29) is 0 Å². The minimum atomic E-state index is 0.488. The van der Waals surface area contributed by atoms with Crippen LogP contribution in [0.2, 0.25) is 0 Å². The van der Waals surface area contributed by atoms with Crippen molar-refractivity contribution in [2.24, 2.45) is 4.99 Å².